The fourth-order valence-electron chi connectivity index (χ4n) is 1.40. The summed E-state index contributed by atoms with van der Waals surface area (Å²) in [6.45, 7) is 4.10. The van der Waals surface area contributed by atoms with Crippen molar-refractivity contribution >= 4 is 0 Å². The molecule has 71 valence electrons. The highest BCUT2D eigenvalue weighted by molar-refractivity contribution is 5.26. The van der Waals surface area contributed by atoms with Crippen molar-refractivity contribution in [1.82, 2.24) is 0 Å². The van der Waals surface area contributed by atoms with Crippen LogP contribution in [0.3, 0.4) is 0 Å². The molecule has 0 unspecified atom stereocenters. The minimum atomic E-state index is -0.138. The molecule has 0 aliphatic rings. The maximum atomic E-state index is 12.7. The van der Waals surface area contributed by atoms with Crippen molar-refractivity contribution in [2.45, 2.75) is 33.1 Å². The SMILES string of the molecule is CC[CH]CCc1ccc(F)cc1C. The van der Waals surface area contributed by atoms with E-state index in [2.05, 4.69) is 13.3 Å². The van der Waals surface area contributed by atoms with E-state index < -0.39 is 0 Å². The molecule has 0 bridgehead atoms. The zero-order valence-corrected chi connectivity index (χ0v) is 8.31. The Morgan fingerprint density at radius 1 is 1.38 bits per heavy atom. The first kappa shape index (κ1) is 10.2. The summed E-state index contributed by atoms with van der Waals surface area (Å²) in [4.78, 5) is 0. The van der Waals surface area contributed by atoms with Crippen LogP contribution in [-0.2, 0) is 6.42 Å². The molecule has 0 amide bonds. The van der Waals surface area contributed by atoms with Gasteiger partial charge < -0.3 is 0 Å². The summed E-state index contributed by atoms with van der Waals surface area (Å²) in [7, 11) is 0. The monoisotopic (exact) mass is 179 g/mol. The molecular formula is C12H16F. The lowest BCUT2D eigenvalue weighted by Gasteiger charge is -2.04. The zero-order valence-electron chi connectivity index (χ0n) is 8.31. The number of hydrogen-bond donors (Lipinski definition) is 0. The summed E-state index contributed by atoms with van der Waals surface area (Å²) in [6.07, 6.45) is 5.48. The molecule has 0 atom stereocenters. The van der Waals surface area contributed by atoms with E-state index in [9.17, 15) is 4.39 Å². The van der Waals surface area contributed by atoms with E-state index in [0.717, 1.165) is 24.8 Å². The first-order valence-corrected chi connectivity index (χ1v) is 4.80. The topological polar surface area (TPSA) is 0 Å². The molecule has 0 heterocycles. The van der Waals surface area contributed by atoms with Gasteiger partial charge >= 0.3 is 0 Å². The molecule has 0 saturated heterocycles. The van der Waals surface area contributed by atoms with Crippen LogP contribution in [0, 0.1) is 19.2 Å². The maximum absolute atomic E-state index is 12.7. The van der Waals surface area contributed by atoms with E-state index in [1.807, 2.05) is 13.0 Å². The molecule has 0 aromatic heterocycles. The van der Waals surface area contributed by atoms with Gasteiger partial charge in [0.05, 0.1) is 0 Å². The van der Waals surface area contributed by atoms with Crippen molar-refractivity contribution in [3.63, 3.8) is 0 Å². The van der Waals surface area contributed by atoms with Gasteiger partial charge in [-0.3, -0.25) is 0 Å². The molecule has 1 rings (SSSR count). The van der Waals surface area contributed by atoms with E-state index in [1.165, 1.54) is 11.6 Å². The quantitative estimate of drug-likeness (QED) is 0.618. The lowest BCUT2D eigenvalue weighted by atomic mass is 10.0. The van der Waals surface area contributed by atoms with Crippen LogP contribution < -0.4 is 0 Å². The molecule has 1 aromatic rings. The van der Waals surface area contributed by atoms with Crippen molar-refractivity contribution in [1.29, 1.82) is 0 Å². The van der Waals surface area contributed by atoms with Crippen LogP contribution >= 0.6 is 0 Å². The summed E-state index contributed by atoms with van der Waals surface area (Å²) in [5.74, 6) is -0.138. The fourth-order valence-corrected chi connectivity index (χ4v) is 1.40. The van der Waals surface area contributed by atoms with Gasteiger partial charge in [0.25, 0.3) is 0 Å². The van der Waals surface area contributed by atoms with Crippen molar-refractivity contribution in [3.8, 4) is 0 Å². The molecular weight excluding hydrogens is 163 g/mol. The Kier molecular flexibility index (Phi) is 3.94. The van der Waals surface area contributed by atoms with Crippen molar-refractivity contribution in [3.05, 3.63) is 41.6 Å². The van der Waals surface area contributed by atoms with E-state index in [4.69, 9.17) is 0 Å². The van der Waals surface area contributed by atoms with Crippen LogP contribution in [0.15, 0.2) is 18.2 Å². The van der Waals surface area contributed by atoms with Crippen LogP contribution in [0.25, 0.3) is 0 Å². The molecule has 0 fully saturated rings. The molecule has 1 radical (unpaired) electrons. The molecule has 0 aliphatic heterocycles. The second-order valence-electron chi connectivity index (χ2n) is 3.31. The largest absolute Gasteiger partial charge is 0.207 e. The van der Waals surface area contributed by atoms with Gasteiger partial charge in [-0.15, -0.1) is 0 Å². The Balaban J connectivity index is 2.56. The van der Waals surface area contributed by atoms with Gasteiger partial charge in [0, 0.05) is 0 Å². The molecule has 13 heavy (non-hydrogen) atoms. The molecule has 0 N–H and O–H groups in total. The summed E-state index contributed by atoms with van der Waals surface area (Å²) in [6, 6.07) is 5.02. The standard InChI is InChI=1S/C12H16F/c1-3-4-5-6-11-7-8-12(13)9-10(11)2/h4,7-9H,3,5-6H2,1-2H3. The van der Waals surface area contributed by atoms with Crippen molar-refractivity contribution in [2.24, 2.45) is 0 Å². The summed E-state index contributed by atoms with van der Waals surface area (Å²) in [5.41, 5.74) is 2.32. The lowest BCUT2D eigenvalue weighted by Crippen LogP contribution is -1.91. The third-order valence-electron chi connectivity index (χ3n) is 2.21. The van der Waals surface area contributed by atoms with Gasteiger partial charge in [-0.1, -0.05) is 19.4 Å². The first-order valence-electron chi connectivity index (χ1n) is 4.80. The van der Waals surface area contributed by atoms with E-state index >= 15 is 0 Å². The molecule has 0 nitrogen and oxygen atoms in total. The number of aryl methyl sites for hydroxylation is 2. The van der Waals surface area contributed by atoms with Crippen LogP contribution in [0.4, 0.5) is 4.39 Å². The minimum Gasteiger partial charge on any atom is -0.207 e. The Morgan fingerprint density at radius 2 is 2.15 bits per heavy atom. The van der Waals surface area contributed by atoms with Crippen LogP contribution in [-0.4, -0.2) is 0 Å². The Labute approximate surface area is 79.8 Å². The molecule has 1 heteroatoms. The van der Waals surface area contributed by atoms with Gasteiger partial charge in [0.15, 0.2) is 0 Å². The number of hydrogen-bond acceptors (Lipinski definition) is 0. The van der Waals surface area contributed by atoms with Crippen LogP contribution in [0.5, 0.6) is 0 Å². The normalized spacial score (nSPS) is 10.4. The van der Waals surface area contributed by atoms with Crippen molar-refractivity contribution < 1.29 is 4.39 Å². The predicted octanol–water partition coefficient (Wildman–Crippen LogP) is 3.68. The highest BCUT2D eigenvalue weighted by Crippen LogP contribution is 2.13. The van der Waals surface area contributed by atoms with Gasteiger partial charge in [-0.2, -0.15) is 0 Å². The summed E-state index contributed by atoms with van der Waals surface area (Å²) < 4.78 is 12.7. The lowest BCUT2D eigenvalue weighted by molar-refractivity contribution is 0.625. The molecule has 0 saturated carbocycles. The third kappa shape index (κ3) is 3.17. The smallest absolute Gasteiger partial charge is 0.123 e. The molecule has 0 spiro atoms. The fraction of sp³-hybridized carbons (Fsp3) is 0.417. The number of rotatable bonds is 4. The highest BCUT2D eigenvalue weighted by Gasteiger charge is 1.99. The Hall–Kier alpha value is -0.850. The molecule has 1 aromatic carbocycles. The average molecular weight is 179 g/mol. The van der Waals surface area contributed by atoms with Gasteiger partial charge in [0.2, 0.25) is 0 Å². The predicted molar refractivity (Wildman–Crippen MR) is 54.0 cm³/mol. The zero-order chi connectivity index (χ0) is 9.68. The first-order chi connectivity index (χ1) is 6.24. The number of benzene rings is 1. The van der Waals surface area contributed by atoms with E-state index in [0.29, 0.717) is 0 Å². The van der Waals surface area contributed by atoms with Crippen molar-refractivity contribution in [2.75, 3.05) is 0 Å². The highest BCUT2D eigenvalue weighted by atomic mass is 19.1. The van der Waals surface area contributed by atoms with Gasteiger partial charge in [0.1, 0.15) is 5.82 Å². The number of unbranched alkanes of at least 4 members (excludes halogenated alkanes) is 2. The van der Waals surface area contributed by atoms with Crippen LogP contribution in [0.2, 0.25) is 0 Å². The minimum absolute atomic E-state index is 0.138. The second-order valence-corrected chi connectivity index (χ2v) is 3.31. The summed E-state index contributed by atoms with van der Waals surface area (Å²) in [5, 5.41) is 0. The average Bonchev–Trinajstić information content (AvgIpc) is 2.09. The van der Waals surface area contributed by atoms with Gasteiger partial charge in [-0.05, 0) is 49.4 Å². The number of halogens is 1. The van der Waals surface area contributed by atoms with E-state index in [-0.39, 0.29) is 5.82 Å². The van der Waals surface area contributed by atoms with Gasteiger partial charge in [-0.25, -0.2) is 4.39 Å². The molecule has 0 aliphatic carbocycles. The Bertz CT molecular complexity index is 266. The Morgan fingerprint density at radius 3 is 2.77 bits per heavy atom. The van der Waals surface area contributed by atoms with E-state index in [1.54, 1.807) is 6.07 Å². The van der Waals surface area contributed by atoms with Crippen LogP contribution in [0.1, 0.15) is 30.9 Å². The maximum Gasteiger partial charge on any atom is 0.123 e. The third-order valence-corrected chi connectivity index (χ3v) is 2.21. The second kappa shape index (κ2) is 5.00. The summed E-state index contributed by atoms with van der Waals surface area (Å²) >= 11 is 0.